The van der Waals surface area contributed by atoms with Gasteiger partial charge in [0.15, 0.2) is 0 Å². The highest BCUT2D eigenvalue weighted by Crippen LogP contribution is 2.41. The van der Waals surface area contributed by atoms with Gasteiger partial charge in [0.1, 0.15) is 0 Å². The van der Waals surface area contributed by atoms with Crippen molar-refractivity contribution in [1.82, 2.24) is 9.80 Å². The van der Waals surface area contributed by atoms with E-state index in [-0.39, 0.29) is 0 Å². The topological polar surface area (TPSA) is 6.48 Å². The SMILES string of the molecule is CN1CCN(C/C=C2/c3ccccc3CSc3cc(Cl)ccc32)CC1. The van der Waals surface area contributed by atoms with Gasteiger partial charge in [0, 0.05) is 48.4 Å². The summed E-state index contributed by atoms with van der Waals surface area (Å²) in [5.41, 5.74) is 5.44. The Morgan fingerprint density at radius 3 is 2.68 bits per heavy atom. The minimum absolute atomic E-state index is 0.815. The molecule has 2 nitrogen and oxygen atoms in total. The minimum Gasteiger partial charge on any atom is -0.304 e. The van der Waals surface area contributed by atoms with Crippen molar-refractivity contribution in [3.8, 4) is 0 Å². The zero-order chi connectivity index (χ0) is 17.2. The van der Waals surface area contributed by atoms with Crippen molar-refractivity contribution in [3.05, 3.63) is 70.3 Å². The predicted molar refractivity (Wildman–Crippen MR) is 108 cm³/mol. The fourth-order valence-electron chi connectivity index (χ4n) is 3.52. The van der Waals surface area contributed by atoms with Gasteiger partial charge in [-0.15, -0.1) is 11.8 Å². The first-order chi connectivity index (χ1) is 12.2. The summed E-state index contributed by atoms with van der Waals surface area (Å²) in [7, 11) is 2.20. The maximum absolute atomic E-state index is 6.26. The number of rotatable bonds is 2. The van der Waals surface area contributed by atoms with E-state index in [0.717, 1.165) is 43.5 Å². The van der Waals surface area contributed by atoms with Crippen LogP contribution in [0, 0.1) is 0 Å². The van der Waals surface area contributed by atoms with Crippen molar-refractivity contribution in [3.63, 3.8) is 0 Å². The quantitative estimate of drug-likeness (QED) is 0.761. The average molecular weight is 371 g/mol. The zero-order valence-electron chi connectivity index (χ0n) is 14.5. The molecular weight excluding hydrogens is 348 g/mol. The standard InChI is InChI=1S/C21H23ClN2S/c1-23-10-12-24(13-11-23)9-8-19-18-5-3-2-4-16(18)15-25-21-14-17(22)6-7-20(19)21/h2-8,14H,9-13,15H2,1H3/b19-8-. The molecule has 1 saturated heterocycles. The van der Waals surface area contributed by atoms with Gasteiger partial charge in [-0.05, 0) is 41.4 Å². The maximum atomic E-state index is 6.26. The first-order valence-electron chi connectivity index (χ1n) is 8.83. The highest BCUT2D eigenvalue weighted by Gasteiger charge is 2.19. The molecule has 2 aromatic rings. The molecule has 0 radical (unpaired) electrons. The summed E-state index contributed by atoms with van der Waals surface area (Å²) >= 11 is 8.14. The number of piperazine rings is 1. The van der Waals surface area contributed by atoms with E-state index < -0.39 is 0 Å². The van der Waals surface area contributed by atoms with Crippen LogP contribution in [0.3, 0.4) is 0 Å². The van der Waals surface area contributed by atoms with Crippen molar-refractivity contribution in [2.24, 2.45) is 0 Å². The normalized spacial score (nSPS) is 20.2. The largest absolute Gasteiger partial charge is 0.304 e. The number of halogens is 1. The second kappa shape index (κ2) is 7.55. The molecule has 1 fully saturated rings. The van der Waals surface area contributed by atoms with Crippen molar-refractivity contribution < 1.29 is 0 Å². The van der Waals surface area contributed by atoms with Crippen LogP contribution in [0.25, 0.3) is 5.57 Å². The van der Waals surface area contributed by atoms with E-state index >= 15 is 0 Å². The molecule has 0 atom stereocenters. The molecule has 2 aromatic carbocycles. The summed E-state index contributed by atoms with van der Waals surface area (Å²) in [5, 5.41) is 0.815. The van der Waals surface area contributed by atoms with Gasteiger partial charge in [0.2, 0.25) is 0 Å². The third-order valence-electron chi connectivity index (χ3n) is 5.07. The van der Waals surface area contributed by atoms with Crippen LogP contribution in [0.4, 0.5) is 0 Å². The molecule has 0 unspecified atom stereocenters. The van der Waals surface area contributed by atoms with Crippen molar-refractivity contribution >= 4 is 28.9 Å². The number of thioether (sulfide) groups is 1. The molecule has 0 amide bonds. The van der Waals surface area contributed by atoms with Crippen LogP contribution in [-0.2, 0) is 5.75 Å². The Balaban J connectivity index is 1.70. The molecule has 0 aromatic heterocycles. The monoisotopic (exact) mass is 370 g/mol. The smallest absolute Gasteiger partial charge is 0.0417 e. The van der Waals surface area contributed by atoms with E-state index in [1.807, 2.05) is 17.8 Å². The van der Waals surface area contributed by atoms with Crippen LogP contribution in [-0.4, -0.2) is 49.6 Å². The average Bonchev–Trinajstić information content (AvgIpc) is 2.78. The molecular formula is C21H23ClN2S. The third kappa shape index (κ3) is 3.80. The van der Waals surface area contributed by atoms with Crippen molar-refractivity contribution in [2.75, 3.05) is 39.8 Å². The Bertz CT molecular complexity index is 794. The number of benzene rings is 2. The Kier molecular flexibility index (Phi) is 5.18. The van der Waals surface area contributed by atoms with Gasteiger partial charge in [0.25, 0.3) is 0 Å². The molecule has 0 bridgehead atoms. The van der Waals surface area contributed by atoms with E-state index in [0.29, 0.717) is 0 Å². The lowest BCUT2D eigenvalue weighted by atomic mass is 9.94. The van der Waals surface area contributed by atoms with E-state index in [1.54, 1.807) is 0 Å². The number of likely N-dealkylation sites (N-methyl/N-ethyl adjacent to an activating group) is 1. The number of hydrogen-bond acceptors (Lipinski definition) is 3. The molecule has 0 N–H and O–H groups in total. The van der Waals surface area contributed by atoms with Crippen LogP contribution < -0.4 is 0 Å². The number of fused-ring (bicyclic) bond motifs is 2. The fraction of sp³-hybridized carbons (Fsp3) is 0.333. The first kappa shape index (κ1) is 17.2. The summed E-state index contributed by atoms with van der Waals surface area (Å²) in [6.45, 7) is 5.60. The summed E-state index contributed by atoms with van der Waals surface area (Å²) < 4.78 is 0. The highest BCUT2D eigenvalue weighted by molar-refractivity contribution is 7.98. The van der Waals surface area contributed by atoms with Crippen LogP contribution in [0.5, 0.6) is 0 Å². The Labute approximate surface area is 159 Å². The maximum Gasteiger partial charge on any atom is 0.0417 e. The molecule has 0 aliphatic carbocycles. The van der Waals surface area contributed by atoms with E-state index in [4.69, 9.17) is 11.6 Å². The van der Waals surface area contributed by atoms with Gasteiger partial charge in [0.05, 0.1) is 0 Å². The van der Waals surface area contributed by atoms with Gasteiger partial charge in [-0.2, -0.15) is 0 Å². The van der Waals surface area contributed by atoms with E-state index in [1.165, 1.54) is 27.2 Å². The Morgan fingerprint density at radius 2 is 1.84 bits per heavy atom. The molecule has 2 aliphatic heterocycles. The van der Waals surface area contributed by atoms with E-state index in [2.05, 4.69) is 59.3 Å². The molecule has 4 heteroatoms. The molecule has 2 aliphatic rings. The molecule has 4 rings (SSSR count). The fourth-order valence-corrected chi connectivity index (χ4v) is 4.86. The van der Waals surface area contributed by atoms with Crippen LogP contribution in [0.1, 0.15) is 16.7 Å². The summed E-state index contributed by atoms with van der Waals surface area (Å²) in [5.74, 6) is 0.995. The Hall–Kier alpha value is -1.26. The highest BCUT2D eigenvalue weighted by atomic mass is 35.5. The van der Waals surface area contributed by atoms with Crippen molar-refractivity contribution in [1.29, 1.82) is 0 Å². The second-order valence-electron chi connectivity index (χ2n) is 6.81. The number of hydrogen-bond donors (Lipinski definition) is 0. The molecule has 0 saturated carbocycles. The Morgan fingerprint density at radius 1 is 1.04 bits per heavy atom. The molecule has 0 spiro atoms. The lowest BCUT2D eigenvalue weighted by molar-refractivity contribution is 0.166. The van der Waals surface area contributed by atoms with Crippen LogP contribution in [0.2, 0.25) is 5.02 Å². The predicted octanol–water partition coefficient (Wildman–Crippen LogP) is 4.62. The summed E-state index contributed by atoms with van der Waals surface area (Å²) in [6, 6.07) is 15.1. The molecule has 25 heavy (non-hydrogen) atoms. The minimum atomic E-state index is 0.815. The number of nitrogens with zero attached hydrogens (tertiary/aromatic N) is 2. The van der Waals surface area contributed by atoms with Crippen LogP contribution >= 0.6 is 23.4 Å². The third-order valence-corrected chi connectivity index (χ3v) is 6.41. The van der Waals surface area contributed by atoms with Gasteiger partial charge >= 0.3 is 0 Å². The first-order valence-corrected chi connectivity index (χ1v) is 10.2. The lowest BCUT2D eigenvalue weighted by Crippen LogP contribution is -2.44. The van der Waals surface area contributed by atoms with E-state index in [9.17, 15) is 0 Å². The summed E-state index contributed by atoms with van der Waals surface area (Å²) in [4.78, 5) is 6.23. The van der Waals surface area contributed by atoms with Gasteiger partial charge < -0.3 is 4.90 Å². The van der Waals surface area contributed by atoms with Gasteiger partial charge in [-0.1, -0.05) is 48.0 Å². The van der Waals surface area contributed by atoms with Gasteiger partial charge in [-0.3, -0.25) is 4.90 Å². The van der Waals surface area contributed by atoms with Gasteiger partial charge in [-0.25, -0.2) is 0 Å². The lowest BCUT2D eigenvalue weighted by Gasteiger charge is -2.31. The zero-order valence-corrected chi connectivity index (χ0v) is 16.1. The second-order valence-corrected chi connectivity index (χ2v) is 8.26. The van der Waals surface area contributed by atoms with Crippen molar-refractivity contribution in [2.45, 2.75) is 10.6 Å². The summed E-state index contributed by atoms with van der Waals surface area (Å²) in [6.07, 6.45) is 2.42. The van der Waals surface area contributed by atoms with Crippen LogP contribution in [0.15, 0.2) is 53.4 Å². The molecule has 2 heterocycles. The molecule has 130 valence electrons.